The molecule has 7 nitrogen and oxygen atoms in total. The molecule has 1 aliphatic carbocycles. The van der Waals surface area contributed by atoms with Crippen LogP contribution in [0.3, 0.4) is 0 Å². The van der Waals surface area contributed by atoms with Crippen LogP contribution in [0.15, 0.2) is 35.5 Å². The number of benzene rings is 1. The second-order valence-electron chi connectivity index (χ2n) is 6.65. The lowest BCUT2D eigenvalue weighted by molar-refractivity contribution is 0.210. The zero-order valence-corrected chi connectivity index (χ0v) is 14.8. The summed E-state index contributed by atoms with van der Waals surface area (Å²) in [5.74, 6) is 1.40. The molecular weight excluding hydrogens is 340 g/mol. The number of fused-ring (bicyclic) bond motifs is 1. The van der Waals surface area contributed by atoms with Crippen molar-refractivity contribution in [1.29, 1.82) is 0 Å². The van der Waals surface area contributed by atoms with Gasteiger partial charge in [0, 0.05) is 6.54 Å². The first-order chi connectivity index (χ1) is 12.1. The molecule has 0 radical (unpaired) electrons. The Morgan fingerprint density at radius 3 is 2.60 bits per heavy atom. The maximum absolute atomic E-state index is 12.7. The van der Waals surface area contributed by atoms with Gasteiger partial charge in [-0.25, -0.2) is 22.8 Å². The van der Waals surface area contributed by atoms with Crippen LogP contribution >= 0.6 is 0 Å². The number of ether oxygens (including phenoxy) is 1. The monoisotopic (exact) mass is 362 g/mol. The van der Waals surface area contributed by atoms with Crippen molar-refractivity contribution in [3.8, 4) is 5.75 Å². The van der Waals surface area contributed by atoms with Gasteiger partial charge in [-0.3, -0.25) is 0 Å². The third-order valence-corrected chi connectivity index (χ3v) is 6.34. The lowest BCUT2D eigenvalue weighted by Gasteiger charge is -2.23. The van der Waals surface area contributed by atoms with E-state index in [4.69, 9.17) is 4.74 Å². The zero-order chi connectivity index (χ0) is 17.3. The predicted molar refractivity (Wildman–Crippen MR) is 91.6 cm³/mol. The van der Waals surface area contributed by atoms with E-state index in [0.29, 0.717) is 5.82 Å². The minimum Gasteiger partial charge on any atom is -0.490 e. The first-order valence-electron chi connectivity index (χ1n) is 8.78. The van der Waals surface area contributed by atoms with Crippen molar-refractivity contribution in [1.82, 2.24) is 19.5 Å². The van der Waals surface area contributed by atoms with E-state index in [-0.39, 0.29) is 17.0 Å². The average molecular weight is 362 g/mol. The van der Waals surface area contributed by atoms with Gasteiger partial charge in [0.25, 0.3) is 0 Å². The normalized spacial score (nSPS) is 21.2. The number of aromatic nitrogens is 3. The van der Waals surface area contributed by atoms with Crippen LogP contribution in [-0.4, -0.2) is 29.3 Å². The van der Waals surface area contributed by atoms with Crippen LogP contribution in [0.25, 0.3) is 0 Å². The third-order valence-electron chi connectivity index (χ3n) is 4.86. The number of sulfonamides is 1. The Morgan fingerprint density at radius 2 is 1.84 bits per heavy atom. The first-order valence-corrected chi connectivity index (χ1v) is 10.3. The Bertz CT molecular complexity index is 826. The van der Waals surface area contributed by atoms with E-state index in [9.17, 15) is 8.42 Å². The van der Waals surface area contributed by atoms with Gasteiger partial charge in [0.2, 0.25) is 10.0 Å². The zero-order valence-electron chi connectivity index (χ0n) is 14.0. The van der Waals surface area contributed by atoms with Crippen LogP contribution in [0.5, 0.6) is 5.75 Å². The predicted octanol–water partition coefficient (Wildman–Crippen LogP) is 2.41. The van der Waals surface area contributed by atoms with Crippen molar-refractivity contribution in [2.75, 3.05) is 0 Å². The van der Waals surface area contributed by atoms with Crippen molar-refractivity contribution >= 4 is 10.0 Å². The highest BCUT2D eigenvalue weighted by Crippen LogP contribution is 2.27. The number of aryl methyl sites for hydroxylation is 1. The highest BCUT2D eigenvalue weighted by molar-refractivity contribution is 7.89. The van der Waals surface area contributed by atoms with Gasteiger partial charge in [0.15, 0.2) is 0 Å². The van der Waals surface area contributed by atoms with Crippen LogP contribution < -0.4 is 9.46 Å². The summed E-state index contributed by atoms with van der Waals surface area (Å²) in [6, 6.07) is 6.32. The Labute approximate surface area is 147 Å². The standard InChI is InChI=1S/C17H22N4O3S/c22-25(23,20-16-6-3-11-21-17(16)18-12-19-21)15-9-7-14(8-10-15)24-13-4-1-2-5-13/h7-10,12-13,16,20H,1-6,11H2/t16-/m0/s1. The summed E-state index contributed by atoms with van der Waals surface area (Å²) in [7, 11) is -3.61. The molecule has 1 saturated carbocycles. The first kappa shape index (κ1) is 16.5. The summed E-state index contributed by atoms with van der Waals surface area (Å²) in [5.41, 5.74) is 0. The topological polar surface area (TPSA) is 86.1 Å². The Kier molecular flexibility index (Phi) is 4.47. The molecule has 8 heteroatoms. The van der Waals surface area contributed by atoms with Gasteiger partial charge in [0.05, 0.1) is 17.0 Å². The fraction of sp³-hybridized carbons (Fsp3) is 0.529. The van der Waals surface area contributed by atoms with Gasteiger partial charge in [-0.15, -0.1) is 0 Å². The number of nitrogens with zero attached hydrogens (tertiary/aromatic N) is 3. The van der Waals surface area contributed by atoms with E-state index >= 15 is 0 Å². The van der Waals surface area contributed by atoms with Crippen LogP contribution in [0, 0.1) is 0 Å². The smallest absolute Gasteiger partial charge is 0.241 e. The molecule has 25 heavy (non-hydrogen) atoms. The molecule has 1 aromatic carbocycles. The number of hydrogen-bond acceptors (Lipinski definition) is 5. The fourth-order valence-corrected chi connectivity index (χ4v) is 4.78. The van der Waals surface area contributed by atoms with Gasteiger partial charge in [0.1, 0.15) is 17.9 Å². The molecule has 0 unspecified atom stereocenters. The van der Waals surface area contributed by atoms with Crippen molar-refractivity contribution in [3.05, 3.63) is 36.4 Å². The van der Waals surface area contributed by atoms with Crippen molar-refractivity contribution in [2.45, 2.75) is 62.1 Å². The fourth-order valence-electron chi connectivity index (χ4n) is 3.55. The van der Waals surface area contributed by atoms with E-state index in [1.807, 2.05) is 0 Å². The SMILES string of the molecule is O=S(=O)(N[C@H]1CCCn2ncnc21)c1ccc(OC2CCCC2)cc1. The summed E-state index contributed by atoms with van der Waals surface area (Å²) in [4.78, 5) is 4.43. The molecule has 4 rings (SSSR count). The van der Waals surface area contributed by atoms with Crippen LogP contribution in [0.2, 0.25) is 0 Å². The Hall–Kier alpha value is -1.93. The summed E-state index contributed by atoms with van der Waals surface area (Å²) in [6.45, 7) is 0.779. The molecule has 0 bridgehead atoms. The highest BCUT2D eigenvalue weighted by atomic mass is 32.2. The summed E-state index contributed by atoms with van der Waals surface area (Å²) in [6.07, 6.45) is 7.87. The quantitative estimate of drug-likeness (QED) is 0.883. The van der Waals surface area contributed by atoms with Gasteiger partial charge in [-0.1, -0.05) is 0 Å². The maximum Gasteiger partial charge on any atom is 0.241 e. The largest absolute Gasteiger partial charge is 0.490 e. The lowest BCUT2D eigenvalue weighted by Crippen LogP contribution is -2.33. The number of nitrogens with one attached hydrogen (secondary N) is 1. The average Bonchev–Trinajstić information content (AvgIpc) is 3.27. The Balaban J connectivity index is 1.47. The van der Waals surface area contributed by atoms with Crippen LogP contribution in [0.1, 0.15) is 50.4 Å². The minimum absolute atomic E-state index is 0.239. The molecule has 1 N–H and O–H groups in total. The molecule has 2 heterocycles. The van der Waals surface area contributed by atoms with Gasteiger partial charge < -0.3 is 4.74 Å². The molecule has 0 saturated heterocycles. The molecule has 0 amide bonds. The van der Waals surface area contributed by atoms with Gasteiger partial charge in [-0.05, 0) is 62.8 Å². The molecular formula is C17H22N4O3S. The van der Waals surface area contributed by atoms with E-state index in [1.165, 1.54) is 19.2 Å². The third kappa shape index (κ3) is 3.55. The maximum atomic E-state index is 12.7. The summed E-state index contributed by atoms with van der Waals surface area (Å²) < 4.78 is 35.8. The highest BCUT2D eigenvalue weighted by Gasteiger charge is 2.27. The molecule has 2 aromatic rings. The number of hydrogen-bond donors (Lipinski definition) is 1. The molecule has 2 aliphatic rings. The molecule has 1 atom stereocenters. The molecule has 0 spiro atoms. The van der Waals surface area contributed by atoms with Gasteiger partial charge >= 0.3 is 0 Å². The molecule has 1 aliphatic heterocycles. The molecule has 1 fully saturated rings. The van der Waals surface area contributed by atoms with Crippen molar-refractivity contribution in [2.24, 2.45) is 0 Å². The summed E-state index contributed by atoms with van der Waals surface area (Å²) in [5, 5.41) is 4.12. The lowest BCUT2D eigenvalue weighted by atomic mass is 10.1. The second-order valence-corrected chi connectivity index (χ2v) is 8.37. The molecule has 1 aromatic heterocycles. The van der Waals surface area contributed by atoms with E-state index in [0.717, 1.165) is 38.0 Å². The van der Waals surface area contributed by atoms with Gasteiger partial charge in [-0.2, -0.15) is 5.10 Å². The number of rotatable bonds is 5. The minimum atomic E-state index is -3.61. The second kappa shape index (κ2) is 6.76. The van der Waals surface area contributed by atoms with Crippen LogP contribution in [0.4, 0.5) is 0 Å². The van der Waals surface area contributed by atoms with Crippen LogP contribution in [-0.2, 0) is 16.6 Å². The van der Waals surface area contributed by atoms with E-state index in [2.05, 4.69) is 14.8 Å². The van der Waals surface area contributed by atoms with Crippen molar-refractivity contribution in [3.63, 3.8) is 0 Å². The van der Waals surface area contributed by atoms with Crippen molar-refractivity contribution < 1.29 is 13.2 Å². The summed E-state index contributed by atoms with van der Waals surface area (Å²) >= 11 is 0. The Morgan fingerprint density at radius 1 is 1.08 bits per heavy atom. The molecule has 134 valence electrons. The van der Waals surface area contributed by atoms with E-state index in [1.54, 1.807) is 28.9 Å². The van der Waals surface area contributed by atoms with E-state index < -0.39 is 10.0 Å².